The van der Waals surface area contributed by atoms with Gasteiger partial charge in [0, 0.05) is 27.6 Å². The Morgan fingerprint density at radius 2 is 2.21 bits per heavy atom. The van der Waals surface area contributed by atoms with Gasteiger partial charge in [-0.3, -0.25) is 10.1 Å². The molecule has 0 fully saturated rings. The van der Waals surface area contributed by atoms with Crippen molar-refractivity contribution in [1.29, 1.82) is 0 Å². The normalized spacial score (nSPS) is 11.1. The van der Waals surface area contributed by atoms with E-state index in [0.29, 0.717) is 11.3 Å². The van der Waals surface area contributed by atoms with Gasteiger partial charge < -0.3 is 4.74 Å². The first kappa shape index (κ1) is 10.7. The van der Waals surface area contributed by atoms with E-state index in [1.54, 1.807) is 24.3 Å². The van der Waals surface area contributed by atoms with Crippen molar-refractivity contribution >= 4 is 22.0 Å². The second kappa shape index (κ2) is 4.76. The lowest BCUT2D eigenvalue weighted by molar-refractivity contribution is -0.407. The lowest BCUT2D eigenvalue weighted by Gasteiger charge is -2.02. The van der Waals surface area contributed by atoms with Crippen LogP contribution in [-0.4, -0.2) is 12.0 Å². The molecule has 4 nitrogen and oxygen atoms in total. The maximum atomic E-state index is 10.4. The summed E-state index contributed by atoms with van der Waals surface area (Å²) in [5.74, 6) is 0.603. The number of rotatable bonds is 3. The summed E-state index contributed by atoms with van der Waals surface area (Å²) in [6, 6.07) is 7.07. The molecule has 0 atom stereocenters. The van der Waals surface area contributed by atoms with Gasteiger partial charge in [-0.2, -0.15) is 0 Å². The van der Waals surface area contributed by atoms with Crippen molar-refractivity contribution in [2.75, 3.05) is 7.11 Å². The monoisotopic (exact) mass is 257 g/mol. The van der Waals surface area contributed by atoms with E-state index in [9.17, 15) is 10.1 Å². The fourth-order valence-corrected chi connectivity index (χ4v) is 1.21. The van der Waals surface area contributed by atoms with Crippen LogP contribution < -0.4 is 4.74 Å². The Balaban J connectivity index is 3.07. The minimum atomic E-state index is -0.508. The summed E-state index contributed by atoms with van der Waals surface area (Å²) in [4.78, 5) is 9.85. The summed E-state index contributed by atoms with van der Waals surface area (Å²) in [7, 11) is 1.52. The van der Waals surface area contributed by atoms with Crippen LogP contribution in [0, 0.1) is 10.1 Å². The van der Waals surface area contributed by atoms with Gasteiger partial charge in [-0.15, -0.1) is 0 Å². The van der Waals surface area contributed by atoms with Gasteiger partial charge in [0.25, 0.3) is 0 Å². The number of nitro groups is 1. The predicted octanol–water partition coefficient (Wildman–Crippen LogP) is 2.67. The zero-order chi connectivity index (χ0) is 10.6. The average Bonchev–Trinajstić information content (AvgIpc) is 2.18. The fraction of sp³-hybridized carbons (Fsp3) is 0.111. The highest BCUT2D eigenvalue weighted by Gasteiger charge is 2.07. The van der Waals surface area contributed by atoms with Crippen molar-refractivity contribution in [3.05, 3.63) is 44.5 Å². The van der Waals surface area contributed by atoms with E-state index in [1.807, 2.05) is 0 Å². The number of hydrogen-bond acceptors (Lipinski definition) is 3. The van der Waals surface area contributed by atoms with Gasteiger partial charge in [-0.25, -0.2) is 0 Å². The molecule has 0 aromatic heterocycles. The number of halogens is 1. The summed E-state index contributed by atoms with van der Waals surface area (Å²) >= 11 is 2.85. The van der Waals surface area contributed by atoms with Gasteiger partial charge in [0.1, 0.15) is 5.75 Å². The largest absolute Gasteiger partial charge is 0.496 e. The molecule has 74 valence electrons. The number of methoxy groups -OCH3 is 1. The maximum absolute atomic E-state index is 10.4. The Morgan fingerprint density at radius 1 is 1.57 bits per heavy atom. The Morgan fingerprint density at radius 3 is 2.79 bits per heavy atom. The minimum Gasteiger partial charge on any atom is -0.496 e. The molecule has 0 aliphatic carbocycles. The number of ether oxygens (including phenoxy) is 1. The van der Waals surface area contributed by atoms with Crippen molar-refractivity contribution in [3.63, 3.8) is 0 Å². The van der Waals surface area contributed by atoms with E-state index < -0.39 is 4.92 Å². The SMILES string of the molecule is COc1ccccc1/C=C(\Br)[N+](=O)[O-]. The van der Waals surface area contributed by atoms with Crippen LogP contribution in [-0.2, 0) is 0 Å². The third-order valence-electron chi connectivity index (χ3n) is 1.59. The van der Waals surface area contributed by atoms with Gasteiger partial charge in [0.2, 0.25) is 0 Å². The Kier molecular flexibility index (Phi) is 3.64. The predicted molar refractivity (Wildman–Crippen MR) is 56.9 cm³/mol. The molecule has 5 heteroatoms. The molecule has 0 spiro atoms. The first-order valence-corrected chi connectivity index (χ1v) is 4.59. The van der Waals surface area contributed by atoms with Crippen LogP contribution in [0.4, 0.5) is 0 Å². The standard InChI is InChI=1S/C9H8BrNO3/c1-14-8-5-3-2-4-7(8)6-9(10)11(12)13/h2-6H,1H3/b9-6+. The molecule has 1 aromatic rings. The second-order valence-corrected chi connectivity index (χ2v) is 3.28. The summed E-state index contributed by atoms with van der Waals surface area (Å²) in [6.07, 6.45) is 1.40. The van der Waals surface area contributed by atoms with Crippen molar-refractivity contribution in [1.82, 2.24) is 0 Å². The van der Waals surface area contributed by atoms with Crippen LogP contribution in [0.3, 0.4) is 0 Å². The summed E-state index contributed by atoms with van der Waals surface area (Å²) in [6.45, 7) is 0. The topological polar surface area (TPSA) is 52.4 Å². The van der Waals surface area contributed by atoms with Gasteiger partial charge in [0.05, 0.1) is 12.0 Å². The summed E-state index contributed by atoms with van der Waals surface area (Å²) in [5.41, 5.74) is 0.665. The molecule has 0 saturated carbocycles. The molecule has 0 aliphatic rings. The van der Waals surface area contributed by atoms with Crippen LogP contribution in [0.2, 0.25) is 0 Å². The fourth-order valence-electron chi connectivity index (χ4n) is 0.967. The van der Waals surface area contributed by atoms with Gasteiger partial charge >= 0.3 is 4.61 Å². The van der Waals surface area contributed by atoms with Crippen LogP contribution in [0.5, 0.6) is 5.75 Å². The molecule has 0 saturated heterocycles. The van der Waals surface area contributed by atoms with E-state index >= 15 is 0 Å². The van der Waals surface area contributed by atoms with Crippen molar-refractivity contribution < 1.29 is 9.66 Å². The minimum absolute atomic E-state index is 0.0954. The molecule has 1 aromatic carbocycles. The highest BCUT2D eigenvalue weighted by Crippen LogP contribution is 2.22. The molecular formula is C9H8BrNO3. The molecule has 14 heavy (non-hydrogen) atoms. The van der Waals surface area contributed by atoms with Crippen molar-refractivity contribution in [2.24, 2.45) is 0 Å². The Hall–Kier alpha value is -1.36. The number of hydrogen-bond donors (Lipinski definition) is 0. The number of para-hydroxylation sites is 1. The highest BCUT2D eigenvalue weighted by molar-refractivity contribution is 9.11. The van der Waals surface area contributed by atoms with E-state index in [0.717, 1.165) is 0 Å². The molecule has 0 bridgehead atoms. The van der Waals surface area contributed by atoms with E-state index in [2.05, 4.69) is 15.9 Å². The van der Waals surface area contributed by atoms with Crippen molar-refractivity contribution in [3.8, 4) is 5.75 Å². The average molecular weight is 258 g/mol. The number of nitrogens with zero attached hydrogens (tertiary/aromatic N) is 1. The smallest absolute Gasteiger partial charge is 0.311 e. The van der Waals surface area contributed by atoms with Crippen LogP contribution in [0.15, 0.2) is 28.9 Å². The van der Waals surface area contributed by atoms with E-state index in [4.69, 9.17) is 4.74 Å². The van der Waals surface area contributed by atoms with Gasteiger partial charge in [0.15, 0.2) is 0 Å². The Labute approximate surface area is 89.5 Å². The first-order chi connectivity index (χ1) is 6.65. The number of benzene rings is 1. The molecule has 0 radical (unpaired) electrons. The van der Waals surface area contributed by atoms with Gasteiger partial charge in [-0.05, 0) is 6.07 Å². The molecule has 0 unspecified atom stereocenters. The van der Waals surface area contributed by atoms with Crippen LogP contribution >= 0.6 is 15.9 Å². The maximum Gasteiger partial charge on any atom is 0.311 e. The van der Waals surface area contributed by atoms with Crippen LogP contribution in [0.1, 0.15) is 5.56 Å². The third kappa shape index (κ3) is 2.56. The zero-order valence-corrected chi connectivity index (χ0v) is 9.02. The highest BCUT2D eigenvalue weighted by atomic mass is 79.9. The second-order valence-electron chi connectivity index (χ2n) is 2.47. The molecule has 0 amide bonds. The molecular weight excluding hydrogens is 250 g/mol. The van der Waals surface area contributed by atoms with E-state index in [1.165, 1.54) is 13.2 Å². The lowest BCUT2D eigenvalue weighted by atomic mass is 10.2. The quantitative estimate of drug-likeness (QED) is 0.475. The third-order valence-corrected chi connectivity index (χ3v) is 2.11. The lowest BCUT2D eigenvalue weighted by Crippen LogP contribution is -1.91. The van der Waals surface area contributed by atoms with Crippen LogP contribution in [0.25, 0.3) is 6.08 Å². The molecule has 0 heterocycles. The Bertz CT molecular complexity index is 376. The molecule has 0 N–H and O–H groups in total. The summed E-state index contributed by atoms with van der Waals surface area (Å²) < 4.78 is 4.94. The zero-order valence-electron chi connectivity index (χ0n) is 7.44. The summed E-state index contributed by atoms with van der Waals surface area (Å²) in [5, 5.41) is 10.4. The molecule has 0 aliphatic heterocycles. The van der Waals surface area contributed by atoms with Crippen molar-refractivity contribution in [2.45, 2.75) is 0 Å². The molecule has 1 rings (SSSR count). The van der Waals surface area contributed by atoms with E-state index in [-0.39, 0.29) is 4.61 Å². The van der Waals surface area contributed by atoms with Gasteiger partial charge in [-0.1, -0.05) is 18.2 Å². The first-order valence-electron chi connectivity index (χ1n) is 3.79.